The second-order valence-electron chi connectivity index (χ2n) is 3.25. The topological polar surface area (TPSA) is 71.2 Å². The molecule has 0 aliphatic heterocycles. The van der Waals surface area contributed by atoms with Crippen LogP contribution in [0.2, 0.25) is 0 Å². The standard InChI is InChI=1S/C10H16N4O/c1-3-12-10(15)7-14(2)8-4-5-13-9(11)6-8/h4-6H,3,7H2,1-2H3,(H2,11,13)(H,12,15). The lowest BCUT2D eigenvalue weighted by molar-refractivity contribution is -0.119. The van der Waals surface area contributed by atoms with Crippen molar-refractivity contribution in [2.24, 2.45) is 0 Å². The molecule has 1 aromatic heterocycles. The molecule has 3 N–H and O–H groups in total. The summed E-state index contributed by atoms with van der Waals surface area (Å²) in [5.74, 6) is 0.450. The Bertz CT molecular complexity index is 340. The number of carbonyl (C=O) groups is 1. The Kier molecular flexibility index (Phi) is 3.91. The predicted octanol–water partition coefficient (Wildman–Crippen LogP) is 0.236. The first-order chi connectivity index (χ1) is 7.13. The summed E-state index contributed by atoms with van der Waals surface area (Å²) in [5, 5.41) is 2.73. The molecule has 0 saturated heterocycles. The highest BCUT2D eigenvalue weighted by Gasteiger charge is 2.06. The number of nitrogens with one attached hydrogen (secondary N) is 1. The van der Waals surface area contributed by atoms with E-state index in [2.05, 4.69) is 10.3 Å². The minimum absolute atomic E-state index is 0.00427. The van der Waals surface area contributed by atoms with Gasteiger partial charge in [-0.1, -0.05) is 0 Å². The van der Waals surface area contributed by atoms with Crippen molar-refractivity contribution in [1.82, 2.24) is 10.3 Å². The van der Waals surface area contributed by atoms with Gasteiger partial charge in [0.1, 0.15) is 5.82 Å². The van der Waals surface area contributed by atoms with Gasteiger partial charge in [0.15, 0.2) is 0 Å². The highest BCUT2D eigenvalue weighted by atomic mass is 16.1. The molecule has 0 radical (unpaired) electrons. The number of likely N-dealkylation sites (N-methyl/N-ethyl adjacent to an activating group) is 2. The average Bonchev–Trinajstić information content (AvgIpc) is 2.18. The minimum atomic E-state index is -0.00427. The van der Waals surface area contributed by atoms with Crippen molar-refractivity contribution in [3.05, 3.63) is 18.3 Å². The second-order valence-corrected chi connectivity index (χ2v) is 3.25. The first-order valence-electron chi connectivity index (χ1n) is 4.83. The third kappa shape index (κ3) is 3.46. The fourth-order valence-electron chi connectivity index (χ4n) is 1.23. The molecule has 82 valence electrons. The largest absolute Gasteiger partial charge is 0.384 e. The molecule has 0 aliphatic carbocycles. The molecule has 1 rings (SSSR count). The van der Waals surface area contributed by atoms with Crippen LogP contribution in [0.25, 0.3) is 0 Å². The number of carbonyl (C=O) groups excluding carboxylic acids is 1. The van der Waals surface area contributed by atoms with E-state index in [4.69, 9.17) is 5.73 Å². The van der Waals surface area contributed by atoms with E-state index >= 15 is 0 Å². The molecule has 1 heterocycles. The number of nitrogens with two attached hydrogens (primary N) is 1. The lowest BCUT2D eigenvalue weighted by Gasteiger charge is -2.18. The lowest BCUT2D eigenvalue weighted by Crippen LogP contribution is -2.34. The highest BCUT2D eigenvalue weighted by molar-refractivity contribution is 5.81. The summed E-state index contributed by atoms with van der Waals surface area (Å²) in [5.41, 5.74) is 6.43. The zero-order valence-electron chi connectivity index (χ0n) is 9.03. The lowest BCUT2D eigenvalue weighted by atomic mass is 10.3. The number of pyridine rings is 1. The predicted molar refractivity (Wildman–Crippen MR) is 60.6 cm³/mol. The SMILES string of the molecule is CCNC(=O)CN(C)c1ccnc(N)c1. The molecule has 0 unspecified atom stereocenters. The quantitative estimate of drug-likeness (QED) is 0.743. The Morgan fingerprint density at radius 2 is 2.40 bits per heavy atom. The highest BCUT2D eigenvalue weighted by Crippen LogP contribution is 2.12. The monoisotopic (exact) mass is 208 g/mol. The van der Waals surface area contributed by atoms with Gasteiger partial charge in [0.2, 0.25) is 5.91 Å². The number of hydrogen-bond acceptors (Lipinski definition) is 4. The first kappa shape index (κ1) is 11.3. The Labute approximate surface area is 89.3 Å². The normalized spacial score (nSPS) is 9.73. The summed E-state index contributed by atoms with van der Waals surface area (Å²) >= 11 is 0. The third-order valence-electron chi connectivity index (χ3n) is 1.96. The zero-order valence-corrected chi connectivity index (χ0v) is 9.03. The molecule has 1 amide bonds. The van der Waals surface area contributed by atoms with Gasteiger partial charge >= 0.3 is 0 Å². The number of hydrogen-bond donors (Lipinski definition) is 2. The molecule has 1 aromatic rings. The molecule has 0 aromatic carbocycles. The number of anilines is 2. The molecular formula is C10H16N4O. The zero-order chi connectivity index (χ0) is 11.3. The van der Waals surface area contributed by atoms with E-state index in [9.17, 15) is 4.79 Å². The van der Waals surface area contributed by atoms with Crippen molar-refractivity contribution >= 4 is 17.4 Å². The van der Waals surface area contributed by atoms with Crippen LogP contribution in [0.5, 0.6) is 0 Å². The second kappa shape index (κ2) is 5.19. The van der Waals surface area contributed by atoms with Crippen LogP contribution in [0.1, 0.15) is 6.92 Å². The summed E-state index contributed by atoms with van der Waals surface area (Å²) in [4.78, 5) is 17.0. The van der Waals surface area contributed by atoms with Crippen LogP contribution in [-0.2, 0) is 4.79 Å². The Hall–Kier alpha value is -1.78. The van der Waals surface area contributed by atoms with Gasteiger partial charge in [-0.15, -0.1) is 0 Å². The van der Waals surface area contributed by atoms with Gasteiger partial charge in [-0.25, -0.2) is 4.98 Å². The van der Waals surface area contributed by atoms with E-state index in [-0.39, 0.29) is 5.91 Å². The number of amides is 1. The number of nitrogens with zero attached hydrogens (tertiary/aromatic N) is 2. The minimum Gasteiger partial charge on any atom is -0.384 e. The van der Waals surface area contributed by atoms with Crippen LogP contribution < -0.4 is 16.0 Å². The first-order valence-corrected chi connectivity index (χ1v) is 4.83. The van der Waals surface area contributed by atoms with Gasteiger partial charge in [0.25, 0.3) is 0 Å². The molecule has 5 heteroatoms. The molecular weight excluding hydrogens is 192 g/mol. The maximum absolute atomic E-state index is 11.3. The third-order valence-corrected chi connectivity index (χ3v) is 1.96. The summed E-state index contributed by atoms with van der Waals surface area (Å²) in [7, 11) is 1.84. The van der Waals surface area contributed by atoms with E-state index in [0.717, 1.165) is 5.69 Å². The van der Waals surface area contributed by atoms with Crippen molar-refractivity contribution in [2.75, 3.05) is 30.8 Å². The summed E-state index contributed by atoms with van der Waals surface area (Å²) in [6.07, 6.45) is 1.62. The molecule has 0 atom stereocenters. The van der Waals surface area contributed by atoms with Crippen LogP contribution in [0.4, 0.5) is 11.5 Å². The fraction of sp³-hybridized carbons (Fsp3) is 0.400. The number of nitrogen functional groups attached to an aromatic ring is 1. The Balaban J connectivity index is 2.60. The Morgan fingerprint density at radius 3 is 3.00 bits per heavy atom. The molecule has 15 heavy (non-hydrogen) atoms. The molecule has 0 fully saturated rings. The molecule has 0 spiro atoms. The van der Waals surface area contributed by atoms with E-state index in [1.54, 1.807) is 12.3 Å². The van der Waals surface area contributed by atoms with Crippen molar-refractivity contribution in [2.45, 2.75) is 6.92 Å². The van der Waals surface area contributed by atoms with Gasteiger partial charge in [-0.2, -0.15) is 0 Å². The summed E-state index contributed by atoms with van der Waals surface area (Å²) in [6, 6.07) is 3.55. The van der Waals surface area contributed by atoms with Gasteiger partial charge < -0.3 is 16.0 Å². The maximum Gasteiger partial charge on any atom is 0.239 e. The molecule has 0 saturated carbocycles. The van der Waals surface area contributed by atoms with Gasteiger partial charge in [0, 0.05) is 31.5 Å². The van der Waals surface area contributed by atoms with E-state index in [0.29, 0.717) is 18.9 Å². The molecule has 0 bridgehead atoms. The maximum atomic E-state index is 11.3. The summed E-state index contributed by atoms with van der Waals surface area (Å²) < 4.78 is 0. The van der Waals surface area contributed by atoms with Crippen LogP contribution >= 0.6 is 0 Å². The van der Waals surface area contributed by atoms with Crippen molar-refractivity contribution in [3.8, 4) is 0 Å². The van der Waals surface area contributed by atoms with Gasteiger partial charge in [-0.05, 0) is 13.0 Å². The fourth-order valence-corrected chi connectivity index (χ4v) is 1.23. The van der Waals surface area contributed by atoms with Crippen LogP contribution in [-0.4, -0.2) is 31.0 Å². The van der Waals surface area contributed by atoms with Crippen molar-refractivity contribution < 1.29 is 4.79 Å². The summed E-state index contributed by atoms with van der Waals surface area (Å²) in [6.45, 7) is 2.85. The van der Waals surface area contributed by atoms with Crippen LogP contribution in [0, 0.1) is 0 Å². The number of rotatable bonds is 4. The van der Waals surface area contributed by atoms with E-state index < -0.39 is 0 Å². The van der Waals surface area contributed by atoms with Crippen molar-refractivity contribution in [1.29, 1.82) is 0 Å². The number of aromatic nitrogens is 1. The van der Waals surface area contributed by atoms with Gasteiger partial charge in [0.05, 0.1) is 6.54 Å². The van der Waals surface area contributed by atoms with E-state index in [1.807, 2.05) is 24.9 Å². The molecule has 5 nitrogen and oxygen atoms in total. The van der Waals surface area contributed by atoms with Crippen molar-refractivity contribution in [3.63, 3.8) is 0 Å². The average molecular weight is 208 g/mol. The van der Waals surface area contributed by atoms with Crippen LogP contribution in [0.3, 0.4) is 0 Å². The van der Waals surface area contributed by atoms with Gasteiger partial charge in [-0.3, -0.25) is 4.79 Å². The van der Waals surface area contributed by atoms with E-state index in [1.165, 1.54) is 0 Å². The Morgan fingerprint density at radius 1 is 1.67 bits per heavy atom. The van der Waals surface area contributed by atoms with Crippen LogP contribution in [0.15, 0.2) is 18.3 Å². The molecule has 0 aliphatic rings. The smallest absolute Gasteiger partial charge is 0.239 e.